The highest BCUT2D eigenvalue weighted by molar-refractivity contribution is 5.97. The highest BCUT2D eigenvalue weighted by Gasteiger charge is 2.33. The van der Waals surface area contributed by atoms with Gasteiger partial charge in [-0.05, 0) is 37.3 Å². The summed E-state index contributed by atoms with van der Waals surface area (Å²) < 4.78 is 0. The first kappa shape index (κ1) is 55.2. The van der Waals surface area contributed by atoms with E-state index < -0.39 is 141 Å². The van der Waals surface area contributed by atoms with Gasteiger partial charge in [0.25, 0.3) is 0 Å². The topological polar surface area (TPSA) is 477 Å². The number of carbonyl (C=O) groups is 9. The quantitative estimate of drug-likeness (QED) is 0.0205. The highest BCUT2D eigenvalue weighted by atomic mass is 16.4. The van der Waals surface area contributed by atoms with E-state index in [0.29, 0.717) is 0 Å². The molecule has 0 spiro atoms. The van der Waals surface area contributed by atoms with Crippen LogP contribution in [0, 0.1) is 0 Å². The lowest BCUT2D eigenvalue weighted by molar-refractivity contribution is -0.143. The number of aromatic nitrogens is 1. The second-order valence-electron chi connectivity index (χ2n) is 14.5. The summed E-state index contributed by atoms with van der Waals surface area (Å²) in [6, 6.07) is -5.31. The number of hydrogen-bond acceptors (Lipinski definition) is 16. The van der Waals surface area contributed by atoms with Crippen molar-refractivity contribution in [3.63, 3.8) is 0 Å². The predicted octanol–water partition coefficient (Wildman–Crippen LogP) is -8.94. The number of H-pyrrole nitrogens is 1. The number of aliphatic hydroxyl groups is 5. The summed E-state index contributed by atoms with van der Waals surface area (Å²) in [5.74, 6) is -10.2. The minimum Gasteiger partial charge on any atom is -0.480 e. The van der Waals surface area contributed by atoms with Gasteiger partial charge in [-0.2, -0.15) is 0 Å². The molecule has 28 heteroatoms. The van der Waals surface area contributed by atoms with E-state index in [-0.39, 0.29) is 38.2 Å². The van der Waals surface area contributed by atoms with E-state index in [1.807, 2.05) is 29.6 Å². The van der Waals surface area contributed by atoms with Crippen LogP contribution in [-0.2, 0) is 49.6 Å². The molecule has 0 radical (unpaired) electrons. The lowest BCUT2D eigenvalue weighted by Gasteiger charge is -2.26. The van der Waals surface area contributed by atoms with E-state index in [2.05, 4.69) is 47.2 Å². The molecule has 21 N–H and O–H groups in total. The Morgan fingerprint density at radius 1 is 0.621 bits per heavy atom. The van der Waals surface area contributed by atoms with Crippen molar-refractivity contribution in [2.45, 2.75) is 80.9 Å². The van der Waals surface area contributed by atoms with Crippen LogP contribution in [0.4, 0.5) is 0 Å². The van der Waals surface area contributed by atoms with Crippen LogP contribution in [0.5, 0.6) is 0 Å². The Hall–Kier alpha value is -6.98. The van der Waals surface area contributed by atoms with Gasteiger partial charge in [0.2, 0.25) is 47.3 Å². The lowest BCUT2D eigenvalue weighted by atomic mass is 10.0. The number of fused-ring (bicyclic) bond motifs is 1. The Bertz CT molecular complexity index is 2030. The molecule has 66 heavy (non-hydrogen) atoms. The third kappa shape index (κ3) is 17.5. The number of guanidine groups is 1. The number of nitrogens with one attached hydrogen (secondary N) is 9. The van der Waals surface area contributed by atoms with Crippen molar-refractivity contribution < 1.29 is 73.8 Å². The monoisotopic (exact) mass is 937 g/mol. The van der Waals surface area contributed by atoms with E-state index >= 15 is 0 Å². The van der Waals surface area contributed by atoms with E-state index in [9.17, 15) is 73.8 Å². The first-order valence-electron chi connectivity index (χ1n) is 20.4. The fourth-order valence-corrected chi connectivity index (χ4v) is 5.89. The van der Waals surface area contributed by atoms with Gasteiger partial charge in [0.05, 0.1) is 45.6 Å². The van der Waals surface area contributed by atoms with Crippen LogP contribution in [0.1, 0.15) is 31.7 Å². The molecule has 28 nitrogen and oxygen atoms in total. The molecule has 2 rings (SSSR count). The van der Waals surface area contributed by atoms with Gasteiger partial charge in [-0.15, -0.1) is 0 Å². The largest absolute Gasteiger partial charge is 0.480 e. The first-order chi connectivity index (χ1) is 31.3. The molecule has 8 amide bonds. The summed E-state index contributed by atoms with van der Waals surface area (Å²) in [7, 11) is 0. The summed E-state index contributed by atoms with van der Waals surface area (Å²) in [6.07, 6.45) is 1.53. The molecule has 0 aliphatic heterocycles. The minimum atomic E-state index is -1.79. The number of rotatable bonds is 29. The summed E-state index contributed by atoms with van der Waals surface area (Å²) in [6.45, 7) is -4.40. The Morgan fingerprint density at radius 2 is 1.08 bits per heavy atom. The van der Waals surface area contributed by atoms with E-state index in [1.54, 1.807) is 6.20 Å². The number of aliphatic hydroxyl groups excluding tert-OH is 5. The molecule has 0 aliphatic rings. The first-order valence-corrected chi connectivity index (χ1v) is 20.4. The Morgan fingerprint density at radius 3 is 1.61 bits per heavy atom. The van der Waals surface area contributed by atoms with Crippen molar-refractivity contribution in [1.29, 1.82) is 0 Å². The van der Waals surface area contributed by atoms with Crippen molar-refractivity contribution >= 4 is 70.1 Å². The SMILES string of the molecule is CC[C@H](NC(=O)[C@H](CO)NC(=O)[C@H](CO)NC(=O)CNC(=O)[C@H](CO)NC(=O)[C@@H](N)Cc1c[nH]c2ccccc12)C(=O)N[C@@H](CO)C(=O)N[C@@H](CCCN=C(N)N)C(=O)N[C@@H](CO)C(=O)O. The Kier molecular flexibility index (Phi) is 23.4. The van der Waals surface area contributed by atoms with E-state index in [4.69, 9.17) is 17.2 Å². The van der Waals surface area contributed by atoms with Gasteiger partial charge in [-0.1, -0.05) is 25.1 Å². The molecule has 1 aromatic heterocycles. The number of carboxylic acid groups (broad SMARTS) is 1. The number of aromatic amines is 1. The zero-order valence-corrected chi connectivity index (χ0v) is 35.8. The zero-order valence-electron chi connectivity index (χ0n) is 35.8. The molecule has 366 valence electrons. The fourth-order valence-electron chi connectivity index (χ4n) is 5.89. The summed E-state index contributed by atoms with van der Waals surface area (Å²) >= 11 is 0. The Labute approximate surface area is 376 Å². The highest BCUT2D eigenvalue weighted by Crippen LogP contribution is 2.18. The molecular weight excluding hydrogens is 878 g/mol. The third-order valence-electron chi connectivity index (χ3n) is 9.57. The zero-order chi connectivity index (χ0) is 49.5. The van der Waals surface area contributed by atoms with Crippen molar-refractivity contribution in [1.82, 2.24) is 47.5 Å². The summed E-state index contributed by atoms with van der Waals surface area (Å²) in [5, 5.41) is 76.1. The van der Waals surface area contributed by atoms with Crippen molar-refractivity contribution in [3.05, 3.63) is 36.0 Å². The van der Waals surface area contributed by atoms with Crippen LogP contribution < -0.4 is 59.7 Å². The summed E-state index contributed by atoms with van der Waals surface area (Å²) in [5.41, 5.74) is 18.2. The van der Waals surface area contributed by atoms with Gasteiger partial charge in [0.15, 0.2) is 5.96 Å². The van der Waals surface area contributed by atoms with Crippen LogP contribution in [-0.4, -0.2) is 189 Å². The second kappa shape index (κ2) is 28.0. The predicted molar refractivity (Wildman–Crippen MR) is 230 cm³/mol. The maximum Gasteiger partial charge on any atom is 0.328 e. The van der Waals surface area contributed by atoms with Gasteiger partial charge >= 0.3 is 5.97 Å². The minimum absolute atomic E-state index is 0.00612. The maximum atomic E-state index is 13.2. The number of amides is 8. The van der Waals surface area contributed by atoms with Crippen molar-refractivity contribution in [3.8, 4) is 0 Å². The average Bonchev–Trinajstić information content (AvgIpc) is 3.70. The van der Waals surface area contributed by atoms with Gasteiger partial charge in [0.1, 0.15) is 42.3 Å². The number of aliphatic carboxylic acids is 1. The molecule has 0 unspecified atom stereocenters. The van der Waals surface area contributed by atoms with Gasteiger partial charge in [0, 0.05) is 23.6 Å². The fraction of sp³-hybridized carbons (Fsp3) is 0.526. The van der Waals surface area contributed by atoms with Crippen LogP contribution >= 0.6 is 0 Å². The van der Waals surface area contributed by atoms with Crippen molar-refractivity contribution in [2.24, 2.45) is 22.2 Å². The number of aliphatic imine (C=N–C) groups is 1. The second-order valence-corrected chi connectivity index (χ2v) is 14.5. The van der Waals surface area contributed by atoms with Crippen LogP contribution in [0.25, 0.3) is 10.9 Å². The lowest BCUT2D eigenvalue weighted by Crippen LogP contribution is -2.61. The number of nitrogens with zero attached hydrogens (tertiary/aromatic N) is 1. The molecule has 0 saturated carbocycles. The van der Waals surface area contributed by atoms with E-state index in [0.717, 1.165) is 16.5 Å². The van der Waals surface area contributed by atoms with Crippen LogP contribution in [0.15, 0.2) is 35.5 Å². The van der Waals surface area contributed by atoms with Crippen LogP contribution in [0.3, 0.4) is 0 Å². The van der Waals surface area contributed by atoms with Crippen LogP contribution in [0.2, 0.25) is 0 Å². The number of carbonyl (C=O) groups excluding carboxylic acids is 8. The number of para-hydroxylation sites is 1. The molecular formula is C38H59N13O15. The third-order valence-corrected chi connectivity index (χ3v) is 9.57. The molecule has 0 fully saturated rings. The number of hydrogen-bond donors (Lipinski definition) is 18. The molecule has 8 atom stereocenters. The molecule has 0 aliphatic carbocycles. The number of carboxylic acids is 1. The standard InChI is InChI=1S/C38H59N13O15/c1-2-21(32(60)49-27(16-55)36(64)47-23(8-5-9-42-38(40)41)33(61)51-28(17-56)37(65)66)46-35(63)26(15-54)50-34(62)25(14-53)45-29(57)12-44-31(59)24(13-52)48-30(58)20(39)10-18-11-43-22-7-4-3-6-19(18)22/h3-4,6-7,11,20-21,23-28,43,52-56H,2,5,8-10,12-17,39H2,1H3,(H,44,59)(H,45,57)(H,46,63)(H,47,64)(H,48,58)(H,49,60)(H,50,62)(H,51,61)(H,65,66)(H4,40,41,42)/t20-,21-,23-,24-,25-,26-,27-,28-/m0/s1. The molecule has 1 heterocycles. The molecule has 0 saturated heterocycles. The number of nitrogens with two attached hydrogens (primary N) is 3. The molecule has 1 aromatic carbocycles. The van der Waals surface area contributed by atoms with Gasteiger partial charge in [-0.3, -0.25) is 43.3 Å². The molecule has 2 aromatic rings. The molecule has 0 bridgehead atoms. The average molecular weight is 938 g/mol. The maximum absolute atomic E-state index is 13.2. The number of benzene rings is 1. The van der Waals surface area contributed by atoms with E-state index in [1.165, 1.54) is 6.92 Å². The normalized spacial score (nSPS) is 14.6. The Balaban J connectivity index is 1.96. The van der Waals surface area contributed by atoms with Gasteiger partial charge < -0.3 is 95.4 Å². The smallest absolute Gasteiger partial charge is 0.328 e. The van der Waals surface area contributed by atoms with Gasteiger partial charge in [-0.25, -0.2) is 4.79 Å². The summed E-state index contributed by atoms with van der Waals surface area (Å²) in [4.78, 5) is 121. The van der Waals surface area contributed by atoms with Crippen molar-refractivity contribution in [2.75, 3.05) is 46.1 Å².